The molecule has 6 aromatic rings. The Morgan fingerprint density at radius 2 is 1.05 bits per heavy atom. The van der Waals surface area contributed by atoms with E-state index in [1.165, 1.54) is 60.8 Å². The highest BCUT2D eigenvalue weighted by Gasteiger charge is 2.40. The Morgan fingerprint density at radius 3 is 1.61 bits per heavy atom. The van der Waals surface area contributed by atoms with Crippen LogP contribution < -0.4 is 63.4 Å². The fraction of sp³-hybridized carbons (Fsp3) is 0.463. The van der Waals surface area contributed by atoms with Crippen LogP contribution in [0.5, 0.6) is 0 Å². The number of aliphatic hydroxyl groups is 1. The number of nitrogens with one attached hydrogen (secondary N) is 11. The number of nitrogens with zero attached hydrogens (tertiary/aromatic N) is 5. The van der Waals surface area contributed by atoms with Crippen LogP contribution >= 0.6 is 11.6 Å². The third-order valence-corrected chi connectivity index (χ3v) is 19.3. The van der Waals surface area contributed by atoms with Gasteiger partial charge in [0.2, 0.25) is 59.1 Å². The SMILES string of the molecule is CC(=O)N[C@H](Cc1ccc2ccccc2c1)C(=O)N[C@H](Cc1ccc(Cl)cc1)C(=O)N(CCC(=O)N[C@@H](CO)C(=O)N[C@@H](CCCCNC(=O)c1cccnc1)C(=O)N[C@H](CCCCNC(=O)c1cccnc1)C(=O)N[C@@H](CC(C)C)C(=O)N[C@@H](CCCCNC(C)C)C(=O)N1CCC[C@H]1C(=O)N[C@H](C)C(=O)O)c1cccnc1. The van der Waals surface area contributed by atoms with Crippen molar-refractivity contribution in [3.63, 3.8) is 0 Å². The summed E-state index contributed by atoms with van der Waals surface area (Å²) in [4.78, 5) is 197. The number of aliphatic hydroxyl groups excluding tert-OH is 1. The van der Waals surface area contributed by atoms with Crippen LogP contribution in [-0.4, -0.2) is 207 Å². The molecule has 1 aliphatic rings. The van der Waals surface area contributed by atoms with E-state index < -0.39 is 144 Å². The van der Waals surface area contributed by atoms with Gasteiger partial charge in [0.15, 0.2) is 0 Å². The third-order valence-electron chi connectivity index (χ3n) is 19.1. The Labute approximate surface area is 668 Å². The van der Waals surface area contributed by atoms with Gasteiger partial charge in [0.1, 0.15) is 54.4 Å². The molecule has 32 heteroatoms. The summed E-state index contributed by atoms with van der Waals surface area (Å²) in [5.41, 5.74) is 2.12. The lowest BCUT2D eigenvalue weighted by atomic mass is 10.00. The number of amides is 12. The van der Waals surface area contributed by atoms with Gasteiger partial charge in [0, 0.05) is 94.4 Å². The second-order valence-electron chi connectivity index (χ2n) is 29.0. The molecule has 1 aliphatic heterocycles. The molecule has 114 heavy (non-hydrogen) atoms. The lowest BCUT2D eigenvalue weighted by molar-refractivity contribution is -0.144. The molecular weight excluding hydrogens is 1480 g/mol. The first-order chi connectivity index (χ1) is 54.7. The zero-order valence-corrected chi connectivity index (χ0v) is 66.1. The van der Waals surface area contributed by atoms with Crippen LogP contribution in [0.3, 0.4) is 0 Å². The van der Waals surface area contributed by atoms with Gasteiger partial charge in [-0.3, -0.25) is 77.3 Å². The number of hydrogen-bond acceptors (Lipinski definition) is 18. The number of carbonyl (C=O) groups is 13. The van der Waals surface area contributed by atoms with Gasteiger partial charge in [-0.2, -0.15) is 0 Å². The first-order valence-corrected chi connectivity index (χ1v) is 39.1. The van der Waals surface area contributed by atoms with Crippen molar-refractivity contribution in [3.8, 4) is 0 Å². The fourth-order valence-electron chi connectivity index (χ4n) is 13.0. The van der Waals surface area contributed by atoms with E-state index in [1.54, 1.807) is 60.7 Å². The molecule has 0 aliphatic carbocycles. The highest BCUT2D eigenvalue weighted by atomic mass is 35.5. The molecule has 0 saturated carbocycles. The van der Waals surface area contributed by atoms with Gasteiger partial charge in [-0.15, -0.1) is 0 Å². The number of fused-ring (bicyclic) bond motifs is 1. The van der Waals surface area contributed by atoms with Crippen LogP contribution in [-0.2, 0) is 65.6 Å². The maximum atomic E-state index is 15.2. The predicted molar refractivity (Wildman–Crippen MR) is 428 cm³/mol. The van der Waals surface area contributed by atoms with E-state index in [9.17, 15) is 58.2 Å². The molecule has 0 bridgehead atoms. The predicted octanol–water partition coefficient (Wildman–Crippen LogP) is 4.29. The summed E-state index contributed by atoms with van der Waals surface area (Å²) in [7, 11) is 0. The summed E-state index contributed by atoms with van der Waals surface area (Å²) in [6.07, 6.45) is 10.6. The molecule has 3 aromatic heterocycles. The molecule has 1 saturated heterocycles. The van der Waals surface area contributed by atoms with Crippen molar-refractivity contribution in [2.75, 3.05) is 44.2 Å². The van der Waals surface area contributed by atoms with Crippen LogP contribution in [0.2, 0.25) is 5.02 Å². The van der Waals surface area contributed by atoms with Gasteiger partial charge in [-0.05, 0) is 167 Å². The highest BCUT2D eigenvalue weighted by molar-refractivity contribution is 6.30. The number of rotatable bonds is 46. The zero-order chi connectivity index (χ0) is 82.6. The molecule has 0 radical (unpaired) electrons. The van der Waals surface area contributed by atoms with Gasteiger partial charge >= 0.3 is 5.97 Å². The van der Waals surface area contributed by atoms with Crippen molar-refractivity contribution in [1.29, 1.82) is 0 Å². The van der Waals surface area contributed by atoms with Gasteiger partial charge in [0.05, 0.1) is 29.6 Å². The number of hydrogen-bond donors (Lipinski definition) is 13. The summed E-state index contributed by atoms with van der Waals surface area (Å²) in [6, 6.07) is 17.5. The molecule has 0 spiro atoms. The number of halogens is 1. The number of likely N-dealkylation sites (tertiary alicyclic amines) is 1. The first kappa shape index (κ1) is 89.9. The lowest BCUT2D eigenvalue weighted by Gasteiger charge is -2.31. The topological polar surface area (TPSA) is 440 Å². The number of unbranched alkanes of at least 4 members (excludes halogenated alkanes) is 3. The number of aromatic nitrogens is 3. The quantitative estimate of drug-likeness (QED) is 0.0237. The summed E-state index contributed by atoms with van der Waals surface area (Å²) in [6.45, 7) is 9.73. The summed E-state index contributed by atoms with van der Waals surface area (Å²) < 4.78 is 0. The van der Waals surface area contributed by atoms with Gasteiger partial charge in [-0.1, -0.05) is 93.9 Å². The second-order valence-corrected chi connectivity index (χ2v) is 29.4. The Kier molecular flexibility index (Phi) is 36.8. The minimum Gasteiger partial charge on any atom is -0.480 e. The van der Waals surface area contributed by atoms with Crippen LogP contribution in [0.1, 0.15) is 157 Å². The smallest absolute Gasteiger partial charge is 0.325 e. The van der Waals surface area contributed by atoms with Crippen LogP contribution in [0.25, 0.3) is 10.8 Å². The van der Waals surface area contributed by atoms with Crippen LogP contribution in [0.4, 0.5) is 5.69 Å². The fourth-order valence-corrected chi connectivity index (χ4v) is 13.1. The van der Waals surface area contributed by atoms with E-state index in [0.717, 1.165) is 16.3 Å². The molecule has 0 unspecified atom stereocenters. The number of carbonyl (C=O) groups excluding carboxylic acids is 12. The first-order valence-electron chi connectivity index (χ1n) is 38.7. The largest absolute Gasteiger partial charge is 0.480 e. The van der Waals surface area contributed by atoms with E-state index in [4.69, 9.17) is 11.6 Å². The average Bonchev–Trinajstić information content (AvgIpc) is 1.50. The maximum absolute atomic E-state index is 15.2. The number of anilines is 1. The van der Waals surface area contributed by atoms with Crippen molar-refractivity contribution in [2.45, 2.75) is 198 Å². The minimum absolute atomic E-state index is 0.0279. The number of carboxylic acids is 1. The number of benzene rings is 3. The van der Waals surface area contributed by atoms with Crippen LogP contribution in [0.15, 0.2) is 140 Å². The second kappa shape index (κ2) is 46.6. The lowest BCUT2D eigenvalue weighted by Crippen LogP contribution is -2.60. The summed E-state index contributed by atoms with van der Waals surface area (Å²) in [5.74, 6) is -9.91. The maximum Gasteiger partial charge on any atom is 0.325 e. The molecule has 4 heterocycles. The monoisotopic (exact) mass is 1590 g/mol. The molecule has 612 valence electrons. The molecule has 7 rings (SSSR count). The van der Waals surface area contributed by atoms with Crippen molar-refractivity contribution >= 4 is 105 Å². The Bertz CT molecular complexity index is 4210. The summed E-state index contributed by atoms with van der Waals surface area (Å²) in [5, 5.41) is 53.4. The summed E-state index contributed by atoms with van der Waals surface area (Å²) >= 11 is 6.27. The molecule has 1 fully saturated rings. The van der Waals surface area contributed by atoms with Crippen molar-refractivity contribution < 1.29 is 72.5 Å². The van der Waals surface area contributed by atoms with Crippen molar-refractivity contribution in [2.24, 2.45) is 5.92 Å². The Hall–Kier alpha value is -11.3. The molecule has 9 atom stereocenters. The number of carboxylic acid groups (broad SMARTS) is 1. The van der Waals surface area contributed by atoms with Gasteiger partial charge in [-0.25, -0.2) is 0 Å². The Morgan fingerprint density at radius 1 is 0.535 bits per heavy atom. The van der Waals surface area contributed by atoms with E-state index in [0.29, 0.717) is 47.5 Å². The normalized spacial score (nSPS) is 14.6. The molecule has 13 N–H and O–H groups in total. The van der Waals surface area contributed by atoms with Crippen molar-refractivity contribution in [1.82, 2.24) is 78.3 Å². The number of pyridine rings is 3. The average molecular weight is 1590 g/mol. The molecule has 31 nitrogen and oxygen atoms in total. The molecular formula is C82H107ClN16O15. The highest BCUT2D eigenvalue weighted by Crippen LogP contribution is 2.24. The van der Waals surface area contributed by atoms with Crippen molar-refractivity contribution in [3.05, 3.63) is 168 Å². The third kappa shape index (κ3) is 29.7. The molecule has 12 amide bonds. The number of aliphatic carboxylic acids is 1. The van der Waals surface area contributed by atoms with E-state index >= 15 is 14.4 Å². The van der Waals surface area contributed by atoms with E-state index in [1.807, 2.05) is 70.2 Å². The minimum atomic E-state index is -1.74. The van der Waals surface area contributed by atoms with E-state index in [2.05, 4.69) is 73.4 Å². The standard InChI is InChI=1S/C82H107ClN16O15/c1-51(2)43-66(76(107)95-65(26-11-12-38-87-52(3)4)80(111)99-41-18-27-70(99)79(110)90-53(5)82(113)114)96-75(106)64(25-10-14-40-89-73(104)60-22-16-36-85-48-60)93-74(105)63(24-9-13-39-88-72(103)59-21-15-35-84-47-59)94-78(109)69(50-100)92-71(102)34-42-98(62-23-17-37-86-49-62)81(112)68(45-55-29-32-61(83)33-30-55)97-77(108)67(91-54(6)101)46-56-28-31-57-19-7-8-20-58(57)44-56/h7-8,15-17,19-23,28-33,35-37,44,47-49,51-53,63-70,87,100H,9-14,18,24-27,34,38-43,45-46,50H2,1-6H3,(H,88,103)(H,89,104)(H,90,110)(H,91,101)(H,92,102)(H,93,105)(H,94,109)(H,95,107)(H,96,106)(H,97,108)(H,113,114)/t53-,63+,64-,65+,66+,67-,68-,69+,70+/m1/s1. The van der Waals surface area contributed by atoms with Crippen LogP contribution in [0, 0.1) is 5.92 Å². The Balaban J connectivity index is 1.12. The van der Waals surface area contributed by atoms with Gasteiger partial charge < -0.3 is 78.5 Å². The van der Waals surface area contributed by atoms with Gasteiger partial charge in [0.25, 0.3) is 11.8 Å². The zero-order valence-electron chi connectivity index (χ0n) is 65.3. The van der Waals surface area contributed by atoms with E-state index in [-0.39, 0.29) is 114 Å². The molecule has 3 aromatic carbocycles.